The summed E-state index contributed by atoms with van der Waals surface area (Å²) in [4.78, 5) is 16.3. The number of benzene rings is 1. The Morgan fingerprint density at radius 1 is 1.32 bits per heavy atom. The second-order valence-corrected chi connectivity index (χ2v) is 5.42. The summed E-state index contributed by atoms with van der Waals surface area (Å²) in [7, 11) is 0. The van der Waals surface area contributed by atoms with Crippen molar-refractivity contribution in [2.45, 2.75) is 32.1 Å². The van der Waals surface area contributed by atoms with Crippen LogP contribution in [0.5, 0.6) is 0 Å². The van der Waals surface area contributed by atoms with Gasteiger partial charge in [0.25, 0.3) is 0 Å². The fourth-order valence-corrected chi connectivity index (χ4v) is 2.31. The Morgan fingerprint density at radius 3 is 2.63 bits per heavy atom. The van der Waals surface area contributed by atoms with Gasteiger partial charge >= 0.3 is 5.97 Å². The molecule has 0 spiro atoms. The summed E-state index contributed by atoms with van der Waals surface area (Å²) in [5.41, 5.74) is 1.97. The highest BCUT2D eigenvalue weighted by molar-refractivity contribution is 5.88. The van der Waals surface area contributed by atoms with E-state index in [1.165, 1.54) is 12.1 Å². The third-order valence-electron chi connectivity index (χ3n) is 3.82. The zero-order valence-electron chi connectivity index (χ0n) is 10.8. The molecule has 0 amide bonds. The van der Waals surface area contributed by atoms with Gasteiger partial charge in [-0.15, -0.1) is 0 Å². The van der Waals surface area contributed by atoms with Crippen LogP contribution in [0.1, 0.15) is 37.7 Å². The summed E-state index contributed by atoms with van der Waals surface area (Å²) in [6.45, 7) is 1.88. The van der Waals surface area contributed by atoms with Crippen molar-refractivity contribution in [3.63, 3.8) is 0 Å². The molecule has 4 heteroatoms. The van der Waals surface area contributed by atoms with Gasteiger partial charge in [0.15, 0.2) is 0 Å². The lowest BCUT2D eigenvalue weighted by Crippen LogP contribution is -2.05. The van der Waals surface area contributed by atoms with Crippen LogP contribution in [0.4, 0.5) is 4.39 Å². The van der Waals surface area contributed by atoms with Crippen LogP contribution in [-0.2, 0) is 9.63 Å². The Kier molecular flexibility index (Phi) is 3.09. The Morgan fingerprint density at radius 2 is 2.00 bits per heavy atom. The maximum Gasteiger partial charge on any atom is 0.338 e. The smallest absolute Gasteiger partial charge is 0.318 e. The first kappa shape index (κ1) is 12.3. The number of halogens is 1. The quantitative estimate of drug-likeness (QED) is 0.474. The van der Waals surface area contributed by atoms with Crippen molar-refractivity contribution in [3.05, 3.63) is 35.6 Å². The molecule has 0 bridgehead atoms. The predicted octanol–water partition coefficient (Wildman–Crippen LogP) is 3.26. The maximum atomic E-state index is 12.8. The molecule has 2 saturated carbocycles. The van der Waals surface area contributed by atoms with E-state index in [0.717, 1.165) is 30.5 Å². The van der Waals surface area contributed by atoms with Gasteiger partial charge in [-0.05, 0) is 49.8 Å². The number of oxime groups is 1. The fraction of sp³-hybridized carbons (Fsp3) is 0.467. The fourth-order valence-electron chi connectivity index (χ4n) is 2.31. The largest absolute Gasteiger partial charge is 0.338 e. The van der Waals surface area contributed by atoms with E-state index in [1.807, 2.05) is 19.1 Å². The zero-order chi connectivity index (χ0) is 13.4. The van der Waals surface area contributed by atoms with Crippen molar-refractivity contribution >= 4 is 11.7 Å². The molecule has 0 N–H and O–H groups in total. The van der Waals surface area contributed by atoms with E-state index in [-0.39, 0.29) is 17.7 Å². The minimum absolute atomic E-state index is 0.0728. The summed E-state index contributed by atoms with van der Waals surface area (Å²) in [5, 5.41) is 3.93. The van der Waals surface area contributed by atoms with Gasteiger partial charge in [-0.2, -0.15) is 0 Å². The third kappa shape index (κ3) is 2.83. The van der Waals surface area contributed by atoms with Crippen molar-refractivity contribution in [2.75, 3.05) is 0 Å². The molecule has 0 aliphatic heterocycles. The lowest BCUT2D eigenvalue weighted by molar-refractivity contribution is -0.145. The number of carbonyl (C=O) groups excluding carboxylic acids is 1. The Labute approximate surface area is 111 Å². The van der Waals surface area contributed by atoms with Crippen molar-refractivity contribution in [1.29, 1.82) is 0 Å². The molecule has 0 unspecified atom stereocenters. The molecule has 0 saturated heterocycles. The molecule has 2 fully saturated rings. The number of rotatable bonds is 4. The molecule has 3 nitrogen and oxygen atoms in total. The second-order valence-electron chi connectivity index (χ2n) is 5.42. The summed E-state index contributed by atoms with van der Waals surface area (Å²) < 4.78 is 12.8. The number of hydrogen-bond donors (Lipinski definition) is 0. The Balaban J connectivity index is 1.57. The zero-order valence-corrected chi connectivity index (χ0v) is 10.8. The van der Waals surface area contributed by atoms with E-state index >= 15 is 0 Å². The topological polar surface area (TPSA) is 38.7 Å². The van der Waals surface area contributed by atoms with E-state index in [1.54, 1.807) is 0 Å². The normalized spacial score (nSPS) is 26.1. The van der Waals surface area contributed by atoms with Gasteiger partial charge in [0, 0.05) is 5.92 Å². The average molecular weight is 261 g/mol. The van der Waals surface area contributed by atoms with E-state index in [9.17, 15) is 9.18 Å². The highest BCUT2D eigenvalue weighted by Crippen LogP contribution is 2.48. The minimum Gasteiger partial charge on any atom is -0.318 e. The van der Waals surface area contributed by atoms with Crippen molar-refractivity contribution in [3.8, 4) is 0 Å². The van der Waals surface area contributed by atoms with Crippen molar-refractivity contribution < 1.29 is 14.0 Å². The average Bonchev–Trinajstić information content (AvgIpc) is 3.28. The molecule has 1 aromatic carbocycles. The molecule has 2 atom stereocenters. The lowest BCUT2D eigenvalue weighted by Gasteiger charge is -2.01. The molecular weight excluding hydrogens is 245 g/mol. The van der Waals surface area contributed by atoms with Crippen LogP contribution in [0.15, 0.2) is 29.4 Å². The van der Waals surface area contributed by atoms with Crippen LogP contribution in [-0.4, -0.2) is 11.7 Å². The van der Waals surface area contributed by atoms with Gasteiger partial charge in [0.2, 0.25) is 0 Å². The highest BCUT2D eigenvalue weighted by Gasteiger charge is 2.41. The van der Waals surface area contributed by atoms with Crippen LogP contribution >= 0.6 is 0 Å². The number of carbonyl (C=O) groups is 1. The monoisotopic (exact) mass is 261 g/mol. The molecule has 0 heterocycles. The first-order valence-corrected chi connectivity index (χ1v) is 6.66. The molecule has 0 aromatic heterocycles. The predicted molar refractivity (Wildman–Crippen MR) is 69.2 cm³/mol. The SMILES string of the molecule is C/C(=N/OC(=O)C1CC1)[C@@H]1C[C@H]1c1ccc(F)cc1. The summed E-state index contributed by atoms with van der Waals surface area (Å²) in [5.74, 6) is 0.341. The van der Waals surface area contributed by atoms with Gasteiger partial charge in [-0.3, -0.25) is 0 Å². The molecule has 2 aliphatic carbocycles. The first-order chi connectivity index (χ1) is 9.15. The summed E-state index contributed by atoms with van der Waals surface area (Å²) >= 11 is 0. The van der Waals surface area contributed by atoms with Crippen molar-refractivity contribution in [2.24, 2.45) is 17.0 Å². The standard InChI is InChI=1S/C15H16FNO2/c1-9(17-19-15(18)11-2-3-11)13-8-14(13)10-4-6-12(16)7-5-10/h4-7,11,13-14H,2-3,8H2,1H3/b17-9-/t13-,14-/m0/s1. The van der Waals surface area contributed by atoms with Gasteiger partial charge < -0.3 is 4.84 Å². The number of hydrogen-bond acceptors (Lipinski definition) is 3. The van der Waals surface area contributed by atoms with Crippen molar-refractivity contribution in [1.82, 2.24) is 0 Å². The Bertz CT molecular complexity index is 519. The molecular formula is C15H16FNO2. The van der Waals surface area contributed by atoms with E-state index < -0.39 is 0 Å². The van der Waals surface area contributed by atoms with E-state index in [0.29, 0.717) is 11.8 Å². The van der Waals surface area contributed by atoms with E-state index in [2.05, 4.69) is 5.16 Å². The minimum atomic E-state index is -0.218. The summed E-state index contributed by atoms with van der Waals surface area (Å²) in [6.07, 6.45) is 2.84. The summed E-state index contributed by atoms with van der Waals surface area (Å²) in [6, 6.07) is 6.57. The number of nitrogens with zero attached hydrogens (tertiary/aromatic N) is 1. The molecule has 100 valence electrons. The van der Waals surface area contributed by atoms with Crippen LogP contribution in [0.2, 0.25) is 0 Å². The molecule has 2 aliphatic rings. The van der Waals surface area contributed by atoms with Crippen LogP contribution in [0.3, 0.4) is 0 Å². The Hall–Kier alpha value is -1.71. The van der Waals surface area contributed by atoms with E-state index in [4.69, 9.17) is 4.84 Å². The lowest BCUT2D eigenvalue weighted by atomic mass is 10.1. The molecule has 1 aromatic rings. The molecule has 3 rings (SSSR count). The molecule has 0 radical (unpaired) electrons. The molecule has 19 heavy (non-hydrogen) atoms. The van der Waals surface area contributed by atoms with Gasteiger partial charge in [-0.25, -0.2) is 9.18 Å². The van der Waals surface area contributed by atoms with Gasteiger partial charge in [-0.1, -0.05) is 17.3 Å². The third-order valence-corrected chi connectivity index (χ3v) is 3.82. The van der Waals surface area contributed by atoms with Crippen LogP contribution in [0, 0.1) is 17.7 Å². The maximum absolute atomic E-state index is 12.8. The van der Waals surface area contributed by atoms with Crippen LogP contribution < -0.4 is 0 Å². The highest BCUT2D eigenvalue weighted by atomic mass is 19.1. The van der Waals surface area contributed by atoms with Gasteiger partial charge in [0.05, 0.1) is 11.6 Å². The van der Waals surface area contributed by atoms with Gasteiger partial charge in [0.1, 0.15) is 5.82 Å². The van der Waals surface area contributed by atoms with Crippen LogP contribution in [0.25, 0.3) is 0 Å². The first-order valence-electron chi connectivity index (χ1n) is 6.66. The second kappa shape index (κ2) is 4.76.